The van der Waals surface area contributed by atoms with Crippen LogP contribution in [0.5, 0.6) is 0 Å². The van der Waals surface area contributed by atoms with Crippen molar-refractivity contribution in [1.82, 2.24) is 15.1 Å². The molecule has 0 aliphatic heterocycles. The summed E-state index contributed by atoms with van der Waals surface area (Å²) in [6, 6.07) is 6.36. The van der Waals surface area contributed by atoms with Crippen molar-refractivity contribution in [2.24, 2.45) is 0 Å². The minimum atomic E-state index is -0.531. The van der Waals surface area contributed by atoms with Crippen LogP contribution in [-0.2, 0) is 13.1 Å². The van der Waals surface area contributed by atoms with Crippen molar-refractivity contribution in [3.8, 4) is 0 Å². The summed E-state index contributed by atoms with van der Waals surface area (Å²) >= 11 is 0. The van der Waals surface area contributed by atoms with Gasteiger partial charge in [0, 0.05) is 24.3 Å². The lowest BCUT2D eigenvalue weighted by molar-refractivity contribution is 0.520. The molecule has 1 heterocycles. The van der Waals surface area contributed by atoms with Crippen LogP contribution in [0.3, 0.4) is 0 Å². The van der Waals surface area contributed by atoms with Gasteiger partial charge in [-0.3, -0.25) is 4.68 Å². The van der Waals surface area contributed by atoms with Gasteiger partial charge in [0.25, 0.3) is 0 Å². The van der Waals surface area contributed by atoms with Crippen molar-refractivity contribution in [2.45, 2.75) is 32.0 Å². The fourth-order valence-corrected chi connectivity index (χ4v) is 2.02. The smallest absolute Gasteiger partial charge is 0.131 e. The van der Waals surface area contributed by atoms with Crippen LogP contribution < -0.4 is 5.32 Å². The van der Waals surface area contributed by atoms with E-state index < -0.39 is 11.6 Å². The zero-order valence-electron chi connectivity index (χ0n) is 10.4. The van der Waals surface area contributed by atoms with E-state index in [1.807, 2.05) is 6.07 Å². The Hall–Kier alpha value is -1.75. The quantitative estimate of drug-likeness (QED) is 0.898. The van der Waals surface area contributed by atoms with Crippen LogP contribution in [-0.4, -0.2) is 15.8 Å². The molecular formula is C14H15F2N3. The number of hydrogen-bond acceptors (Lipinski definition) is 2. The van der Waals surface area contributed by atoms with E-state index in [9.17, 15) is 8.78 Å². The summed E-state index contributed by atoms with van der Waals surface area (Å²) < 4.78 is 28.8. The van der Waals surface area contributed by atoms with Gasteiger partial charge in [-0.15, -0.1) is 0 Å². The third-order valence-electron chi connectivity index (χ3n) is 3.32. The van der Waals surface area contributed by atoms with Crippen molar-refractivity contribution >= 4 is 0 Å². The first kappa shape index (κ1) is 12.3. The van der Waals surface area contributed by atoms with Crippen LogP contribution in [0.1, 0.15) is 24.1 Å². The number of aromatic nitrogens is 2. The molecule has 0 spiro atoms. The van der Waals surface area contributed by atoms with Gasteiger partial charge in [0.05, 0.1) is 12.2 Å². The number of rotatable bonds is 5. The predicted molar refractivity (Wildman–Crippen MR) is 67.5 cm³/mol. The zero-order chi connectivity index (χ0) is 13.2. The Morgan fingerprint density at radius 2 is 1.95 bits per heavy atom. The number of nitrogens with zero attached hydrogens (tertiary/aromatic N) is 2. The maximum atomic E-state index is 13.6. The molecule has 0 radical (unpaired) electrons. The van der Waals surface area contributed by atoms with E-state index in [-0.39, 0.29) is 12.1 Å². The Kier molecular flexibility index (Phi) is 3.29. The van der Waals surface area contributed by atoms with Crippen LogP contribution >= 0.6 is 0 Å². The Bertz CT molecular complexity index is 556. The first-order valence-electron chi connectivity index (χ1n) is 6.41. The molecule has 100 valence electrons. The van der Waals surface area contributed by atoms with Gasteiger partial charge >= 0.3 is 0 Å². The molecule has 0 amide bonds. The molecule has 0 bridgehead atoms. The lowest BCUT2D eigenvalue weighted by atomic mass is 10.2. The lowest BCUT2D eigenvalue weighted by Gasteiger charge is -2.10. The highest BCUT2D eigenvalue weighted by atomic mass is 19.1. The fourth-order valence-electron chi connectivity index (χ4n) is 2.02. The highest BCUT2D eigenvalue weighted by Gasteiger charge is 2.20. The molecule has 1 aromatic heterocycles. The van der Waals surface area contributed by atoms with Crippen LogP contribution in [0.25, 0.3) is 0 Å². The fraction of sp³-hybridized carbons (Fsp3) is 0.357. The summed E-state index contributed by atoms with van der Waals surface area (Å²) in [6.45, 7) is 0.800. The van der Waals surface area contributed by atoms with E-state index in [2.05, 4.69) is 10.4 Å². The number of hydrogen-bond donors (Lipinski definition) is 1. The summed E-state index contributed by atoms with van der Waals surface area (Å²) in [5.41, 5.74) is 0.994. The second-order valence-corrected chi connectivity index (χ2v) is 4.84. The average Bonchev–Trinajstić information content (AvgIpc) is 3.11. The molecule has 1 saturated carbocycles. The molecule has 1 aromatic carbocycles. The van der Waals surface area contributed by atoms with E-state index in [1.165, 1.54) is 31.0 Å². The highest BCUT2D eigenvalue weighted by molar-refractivity contribution is 5.20. The van der Waals surface area contributed by atoms with Crippen LogP contribution in [0.2, 0.25) is 0 Å². The maximum absolute atomic E-state index is 13.6. The van der Waals surface area contributed by atoms with Gasteiger partial charge < -0.3 is 5.32 Å². The minimum Gasteiger partial charge on any atom is -0.308 e. The predicted octanol–water partition coefficient (Wildman–Crippen LogP) is 2.46. The van der Waals surface area contributed by atoms with Crippen molar-refractivity contribution in [1.29, 1.82) is 0 Å². The third-order valence-corrected chi connectivity index (χ3v) is 3.32. The summed E-state index contributed by atoms with van der Waals surface area (Å²) in [6.07, 6.45) is 4.06. The molecule has 2 aromatic rings. The highest BCUT2D eigenvalue weighted by Crippen LogP contribution is 2.19. The number of nitrogens with one attached hydrogen (secondary N) is 1. The van der Waals surface area contributed by atoms with Crippen molar-refractivity contribution in [2.75, 3.05) is 0 Å². The molecule has 0 unspecified atom stereocenters. The summed E-state index contributed by atoms with van der Waals surface area (Å²) in [4.78, 5) is 0. The first-order chi connectivity index (χ1) is 9.24. The van der Waals surface area contributed by atoms with E-state index in [4.69, 9.17) is 0 Å². The van der Waals surface area contributed by atoms with Gasteiger partial charge in [-0.1, -0.05) is 6.07 Å². The van der Waals surface area contributed by atoms with Gasteiger partial charge in [0.15, 0.2) is 0 Å². The van der Waals surface area contributed by atoms with Gasteiger partial charge in [-0.05, 0) is 31.0 Å². The Morgan fingerprint density at radius 1 is 1.21 bits per heavy atom. The number of halogens is 2. The average molecular weight is 263 g/mol. The van der Waals surface area contributed by atoms with E-state index in [0.29, 0.717) is 12.6 Å². The second-order valence-electron chi connectivity index (χ2n) is 4.84. The van der Waals surface area contributed by atoms with E-state index >= 15 is 0 Å². The number of benzene rings is 1. The molecule has 1 aliphatic carbocycles. The summed E-state index contributed by atoms with van der Waals surface area (Å²) in [7, 11) is 0. The molecule has 19 heavy (non-hydrogen) atoms. The molecule has 0 saturated heterocycles. The molecule has 1 N–H and O–H groups in total. The SMILES string of the molecule is Fc1cccc(F)c1Cn1nccc1CNC1CC1. The largest absolute Gasteiger partial charge is 0.308 e. The molecule has 0 atom stereocenters. The second kappa shape index (κ2) is 5.09. The molecule has 5 heteroatoms. The van der Waals surface area contributed by atoms with Gasteiger partial charge in [-0.2, -0.15) is 5.10 Å². The van der Waals surface area contributed by atoms with Crippen LogP contribution in [0.15, 0.2) is 30.5 Å². The van der Waals surface area contributed by atoms with Crippen molar-refractivity contribution < 1.29 is 8.78 Å². The van der Waals surface area contributed by atoms with Gasteiger partial charge in [-0.25, -0.2) is 8.78 Å². The normalized spacial score (nSPS) is 14.8. The van der Waals surface area contributed by atoms with Crippen molar-refractivity contribution in [3.63, 3.8) is 0 Å². The van der Waals surface area contributed by atoms with Gasteiger partial charge in [0.1, 0.15) is 11.6 Å². The first-order valence-corrected chi connectivity index (χ1v) is 6.41. The molecule has 1 aliphatic rings. The summed E-state index contributed by atoms with van der Waals surface area (Å²) in [5, 5.41) is 7.50. The minimum absolute atomic E-state index is 0.0545. The molecule has 3 rings (SSSR count). The Labute approximate surface area is 110 Å². The molecular weight excluding hydrogens is 248 g/mol. The van der Waals surface area contributed by atoms with Gasteiger partial charge in [0.2, 0.25) is 0 Å². The Balaban J connectivity index is 1.77. The van der Waals surface area contributed by atoms with E-state index in [1.54, 1.807) is 10.9 Å². The monoisotopic (exact) mass is 263 g/mol. The zero-order valence-corrected chi connectivity index (χ0v) is 10.4. The topological polar surface area (TPSA) is 29.9 Å². The third kappa shape index (κ3) is 2.81. The van der Waals surface area contributed by atoms with Crippen LogP contribution in [0, 0.1) is 11.6 Å². The lowest BCUT2D eigenvalue weighted by Crippen LogP contribution is -2.19. The van der Waals surface area contributed by atoms with E-state index in [0.717, 1.165) is 5.69 Å². The summed E-state index contributed by atoms with van der Waals surface area (Å²) in [5.74, 6) is -1.06. The standard InChI is InChI=1S/C14H15F2N3/c15-13-2-1-3-14(16)12(13)9-19-11(6-7-18-19)8-17-10-4-5-10/h1-3,6-7,10,17H,4-5,8-9H2. The van der Waals surface area contributed by atoms with Crippen LogP contribution in [0.4, 0.5) is 8.78 Å². The molecule has 1 fully saturated rings. The Morgan fingerprint density at radius 3 is 2.63 bits per heavy atom. The van der Waals surface area contributed by atoms with Crippen molar-refractivity contribution in [3.05, 3.63) is 53.4 Å². The maximum Gasteiger partial charge on any atom is 0.131 e. The molecule has 3 nitrogen and oxygen atoms in total.